The highest BCUT2D eigenvalue weighted by molar-refractivity contribution is 5.70. The molecular weight excluding hydrogens is 112 g/mol. The SMILES string of the molecule is CCCN/C=C\C=N/C. The lowest BCUT2D eigenvalue weighted by molar-refractivity contribution is 0.810. The van der Waals surface area contributed by atoms with E-state index in [0.29, 0.717) is 0 Å². The fraction of sp³-hybridized carbons (Fsp3) is 0.571. The molecule has 0 fully saturated rings. The molecule has 0 bridgehead atoms. The van der Waals surface area contributed by atoms with Gasteiger partial charge in [0.1, 0.15) is 0 Å². The smallest absolute Gasteiger partial charge is 0.0277 e. The molecule has 1 N–H and O–H groups in total. The Kier molecular flexibility index (Phi) is 6.58. The summed E-state index contributed by atoms with van der Waals surface area (Å²) in [4.78, 5) is 3.78. The number of nitrogens with zero attached hydrogens (tertiary/aromatic N) is 1. The van der Waals surface area contributed by atoms with Crippen LogP contribution in [0.15, 0.2) is 17.3 Å². The topological polar surface area (TPSA) is 24.4 Å². The summed E-state index contributed by atoms with van der Waals surface area (Å²) in [6, 6.07) is 0. The van der Waals surface area contributed by atoms with E-state index in [2.05, 4.69) is 17.2 Å². The molecular formula is C7H14N2. The molecule has 0 aromatic rings. The van der Waals surface area contributed by atoms with Gasteiger partial charge in [-0.25, -0.2) is 0 Å². The molecule has 0 aliphatic rings. The van der Waals surface area contributed by atoms with E-state index in [-0.39, 0.29) is 0 Å². The van der Waals surface area contributed by atoms with Crippen molar-refractivity contribution in [3.8, 4) is 0 Å². The van der Waals surface area contributed by atoms with Crippen molar-refractivity contribution in [2.24, 2.45) is 4.99 Å². The molecule has 0 amide bonds. The highest BCUT2D eigenvalue weighted by Gasteiger charge is 1.70. The first kappa shape index (κ1) is 8.21. The van der Waals surface area contributed by atoms with Gasteiger partial charge in [-0.05, 0) is 18.7 Å². The Bertz CT molecular complexity index is 95.1. The fourth-order valence-corrected chi connectivity index (χ4v) is 0.425. The Hall–Kier alpha value is -0.790. The third-order valence-electron chi connectivity index (χ3n) is 0.844. The van der Waals surface area contributed by atoms with Crippen molar-refractivity contribution in [2.45, 2.75) is 13.3 Å². The molecule has 0 atom stereocenters. The van der Waals surface area contributed by atoms with E-state index >= 15 is 0 Å². The lowest BCUT2D eigenvalue weighted by Gasteiger charge is -1.91. The second kappa shape index (κ2) is 7.21. The Balaban J connectivity index is 3.04. The predicted molar refractivity (Wildman–Crippen MR) is 41.8 cm³/mol. The average molecular weight is 126 g/mol. The van der Waals surface area contributed by atoms with Crippen LogP contribution < -0.4 is 5.32 Å². The standard InChI is InChI=1S/C7H14N2/c1-3-5-9-7-4-6-8-2/h4,6-7,9H,3,5H2,1-2H3/b7-4-,8-6-. The third kappa shape index (κ3) is 7.21. The number of hydrogen-bond acceptors (Lipinski definition) is 2. The molecule has 0 rings (SSSR count). The van der Waals surface area contributed by atoms with E-state index in [9.17, 15) is 0 Å². The van der Waals surface area contributed by atoms with E-state index < -0.39 is 0 Å². The van der Waals surface area contributed by atoms with Gasteiger partial charge in [-0.15, -0.1) is 0 Å². The van der Waals surface area contributed by atoms with E-state index in [1.807, 2.05) is 12.3 Å². The lowest BCUT2D eigenvalue weighted by atomic mass is 10.5. The van der Waals surface area contributed by atoms with Gasteiger partial charge in [0.2, 0.25) is 0 Å². The first-order valence-corrected chi connectivity index (χ1v) is 3.22. The first-order chi connectivity index (χ1) is 4.41. The highest BCUT2D eigenvalue weighted by Crippen LogP contribution is 1.69. The molecule has 9 heavy (non-hydrogen) atoms. The van der Waals surface area contributed by atoms with Crippen LogP contribution >= 0.6 is 0 Å². The summed E-state index contributed by atoms with van der Waals surface area (Å²) in [5.41, 5.74) is 0. The van der Waals surface area contributed by atoms with Gasteiger partial charge in [0.25, 0.3) is 0 Å². The van der Waals surface area contributed by atoms with E-state index in [4.69, 9.17) is 0 Å². The monoisotopic (exact) mass is 126 g/mol. The zero-order valence-corrected chi connectivity index (χ0v) is 6.09. The molecule has 0 heterocycles. The van der Waals surface area contributed by atoms with Crippen molar-refractivity contribution < 1.29 is 0 Å². The van der Waals surface area contributed by atoms with Crippen LogP contribution in [-0.4, -0.2) is 19.8 Å². The van der Waals surface area contributed by atoms with Gasteiger partial charge in [0.05, 0.1) is 0 Å². The summed E-state index contributed by atoms with van der Waals surface area (Å²) >= 11 is 0. The van der Waals surface area contributed by atoms with Crippen LogP contribution in [0.1, 0.15) is 13.3 Å². The molecule has 0 aromatic heterocycles. The van der Waals surface area contributed by atoms with Crippen LogP contribution in [0.25, 0.3) is 0 Å². The maximum atomic E-state index is 3.78. The zero-order valence-electron chi connectivity index (χ0n) is 6.09. The molecule has 2 nitrogen and oxygen atoms in total. The number of rotatable bonds is 4. The molecule has 2 heteroatoms. The summed E-state index contributed by atoms with van der Waals surface area (Å²) in [6.07, 6.45) is 6.70. The summed E-state index contributed by atoms with van der Waals surface area (Å²) in [6.45, 7) is 3.17. The highest BCUT2D eigenvalue weighted by atomic mass is 14.8. The van der Waals surface area contributed by atoms with Crippen molar-refractivity contribution in [1.29, 1.82) is 0 Å². The number of hydrogen-bond donors (Lipinski definition) is 1. The number of nitrogens with one attached hydrogen (secondary N) is 1. The summed E-state index contributed by atoms with van der Waals surface area (Å²) in [7, 11) is 1.75. The van der Waals surface area contributed by atoms with Gasteiger partial charge in [-0.2, -0.15) is 0 Å². The quantitative estimate of drug-likeness (QED) is 0.444. The van der Waals surface area contributed by atoms with Gasteiger partial charge in [0, 0.05) is 19.8 Å². The minimum absolute atomic E-state index is 1.04. The molecule has 0 saturated heterocycles. The average Bonchev–Trinajstić information content (AvgIpc) is 1.89. The number of allylic oxidation sites excluding steroid dienone is 1. The Morgan fingerprint density at radius 3 is 2.89 bits per heavy atom. The number of aliphatic imine (C=N–C) groups is 1. The van der Waals surface area contributed by atoms with Crippen LogP contribution in [0.2, 0.25) is 0 Å². The molecule has 0 aliphatic heterocycles. The van der Waals surface area contributed by atoms with Crippen molar-refractivity contribution in [3.63, 3.8) is 0 Å². The van der Waals surface area contributed by atoms with E-state index in [0.717, 1.165) is 13.0 Å². The minimum atomic E-state index is 1.04. The van der Waals surface area contributed by atoms with E-state index in [1.54, 1.807) is 13.3 Å². The summed E-state index contributed by atoms with van der Waals surface area (Å²) in [5.74, 6) is 0. The molecule has 52 valence electrons. The molecule has 0 aliphatic carbocycles. The van der Waals surface area contributed by atoms with Crippen molar-refractivity contribution in [1.82, 2.24) is 5.32 Å². The molecule has 0 saturated carbocycles. The maximum Gasteiger partial charge on any atom is 0.0277 e. The van der Waals surface area contributed by atoms with Crippen LogP contribution in [-0.2, 0) is 0 Å². The molecule has 0 aromatic carbocycles. The molecule has 0 radical (unpaired) electrons. The summed E-state index contributed by atoms with van der Waals surface area (Å²) < 4.78 is 0. The maximum absolute atomic E-state index is 3.78. The summed E-state index contributed by atoms with van der Waals surface area (Å²) in [5, 5.41) is 3.10. The van der Waals surface area contributed by atoms with Crippen LogP contribution in [0.5, 0.6) is 0 Å². The lowest BCUT2D eigenvalue weighted by Crippen LogP contribution is -2.04. The minimum Gasteiger partial charge on any atom is -0.391 e. The zero-order chi connectivity index (χ0) is 6.95. The first-order valence-electron chi connectivity index (χ1n) is 3.22. The van der Waals surface area contributed by atoms with Crippen LogP contribution in [0.4, 0.5) is 0 Å². The normalized spacial score (nSPS) is 11.3. The molecule has 0 spiro atoms. The Morgan fingerprint density at radius 1 is 1.56 bits per heavy atom. The Labute approximate surface area is 56.7 Å². The van der Waals surface area contributed by atoms with Gasteiger partial charge < -0.3 is 5.32 Å². The van der Waals surface area contributed by atoms with Gasteiger partial charge >= 0.3 is 0 Å². The van der Waals surface area contributed by atoms with Crippen molar-refractivity contribution in [2.75, 3.05) is 13.6 Å². The largest absolute Gasteiger partial charge is 0.391 e. The van der Waals surface area contributed by atoms with Crippen LogP contribution in [0.3, 0.4) is 0 Å². The Morgan fingerprint density at radius 2 is 2.33 bits per heavy atom. The van der Waals surface area contributed by atoms with Gasteiger partial charge in [0.15, 0.2) is 0 Å². The molecule has 0 unspecified atom stereocenters. The van der Waals surface area contributed by atoms with E-state index in [1.165, 1.54) is 0 Å². The second-order valence-corrected chi connectivity index (χ2v) is 1.72. The fourth-order valence-electron chi connectivity index (χ4n) is 0.425. The van der Waals surface area contributed by atoms with Crippen molar-refractivity contribution >= 4 is 6.21 Å². The van der Waals surface area contributed by atoms with Crippen LogP contribution in [0, 0.1) is 0 Å². The van der Waals surface area contributed by atoms with Gasteiger partial charge in [-0.1, -0.05) is 6.92 Å². The van der Waals surface area contributed by atoms with Crippen molar-refractivity contribution in [3.05, 3.63) is 12.3 Å². The third-order valence-corrected chi connectivity index (χ3v) is 0.844. The van der Waals surface area contributed by atoms with Gasteiger partial charge in [-0.3, -0.25) is 4.99 Å². The predicted octanol–water partition coefficient (Wildman–Crippen LogP) is 1.20. The second-order valence-electron chi connectivity index (χ2n) is 1.72.